The van der Waals surface area contributed by atoms with Crippen molar-refractivity contribution in [1.82, 2.24) is 0 Å². The lowest BCUT2D eigenvalue weighted by Gasteiger charge is -2.32. The predicted molar refractivity (Wildman–Crippen MR) is 77.3 cm³/mol. The van der Waals surface area contributed by atoms with Crippen LogP contribution in [0.15, 0.2) is 18.2 Å². The van der Waals surface area contributed by atoms with Crippen LogP contribution in [-0.4, -0.2) is 18.3 Å². The summed E-state index contributed by atoms with van der Waals surface area (Å²) in [6.07, 6.45) is 0. The van der Waals surface area contributed by atoms with Crippen molar-refractivity contribution in [3.8, 4) is 0 Å². The van der Waals surface area contributed by atoms with Crippen LogP contribution in [0.3, 0.4) is 0 Å². The molecule has 3 nitrogen and oxygen atoms in total. The van der Waals surface area contributed by atoms with Gasteiger partial charge in [-0.15, -0.1) is 12.4 Å². The molecule has 1 saturated heterocycles. The topological polar surface area (TPSA) is 44.5 Å². The van der Waals surface area contributed by atoms with Gasteiger partial charge in [-0.2, -0.15) is 0 Å². The first-order chi connectivity index (χ1) is 8.25. The zero-order valence-corrected chi connectivity index (χ0v) is 12.5. The molecular weight excluding hydrogens is 267 g/mol. The fourth-order valence-corrected chi connectivity index (χ4v) is 1.91. The molecule has 0 spiro atoms. The van der Waals surface area contributed by atoms with Gasteiger partial charge in [0.05, 0.1) is 11.2 Å². The molecule has 6 heteroatoms. The number of halogens is 2. The van der Waals surface area contributed by atoms with Crippen LogP contribution in [0.25, 0.3) is 0 Å². The highest BCUT2D eigenvalue weighted by atomic mass is 35.5. The first-order valence-electron chi connectivity index (χ1n) is 6.10. The lowest BCUT2D eigenvalue weighted by atomic mass is 9.78. The predicted octanol–water partition coefficient (Wildman–Crippen LogP) is 2.01. The Hall–Kier alpha value is -0.615. The second kappa shape index (κ2) is 5.41. The summed E-state index contributed by atoms with van der Waals surface area (Å²) in [5.41, 5.74) is 6.11. The highest BCUT2D eigenvalue weighted by molar-refractivity contribution is 6.62. The van der Waals surface area contributed by atoms with E-state index in [1.54, 1.807) is 0 Å². The van der Waals surface area contributed by atoms with Crippen LogP contribution in [-0.2, 0) is 15.9 Å². The molecule has 2 N–H and O–H groups in total. The van der Waals surface area contributed by atoms with Gasteiger partial charge in [-0.25, -0.2) is 4.39 Å². The quantitative estimate of drug-likeness (QED) is 0.846. The van der Waals surface area contributed by atoms with E-state index in [4.69, 9.17) is 15.0 Å². The van der Waals surface area contributed by atoms with E-state index in [-0.39, 0.29) is 18.2 Å². The largest absolute Gasteiger partial charge is 0.494 e. The second-order valence-corrected chi connectivity index (χ2v) is 5.69. The van der Waals surface area contributed by atoms with E-state index in [0.29, 0.717) is 12.0 Å². The molecule has 0 atom stereocenters. The highest BCUT2D eigenvalue weighted by Crippen LogP contribution is 2.36. The van der Waals surface area contributed by atoms with Crippen LogP contribution < -0.4 is 11.2 Å². The van der Waals surface area contributed by atoms with Gasteiger partial charge in [0, 0.05) is 6.54 Å². The minimum Gasteiger partial charge on any atom is -0.399 e. The third kappa shape index (κ3) is 3.11. The fraction of sp³-hybridized carbons (Fsp3) is 0.538. The minimum atomic E-state index is -0.545. The smallest absolute Gasteiger partial charge is 0.399 e. The average Bonchev–Trinajstić information content (AvgIpc) is 2.47. The summed E-state index contributed by atoms with van der Waals surface area (Å²) in [5, 5.41) is 0. The normalized spacial score (nSPS) is 20.2. The molecule has 0 radical (unpaired) electrons. The summed E-state index contributed by atoms with van der Waals surface area (Å²) in [7, 11) is -0.545. The number of hydrogen-bond acceptors (Lipinski definition) is 3. The molecule has 1 aliphatic heterocycles. The van der Waals surface area contributed by atoms with Crippen LogP contribution >= 0.6 is 12.4 Å². The Morgan fingerprint density at radius 3 is 2.11 bits per heavy atom. The van der Waals surface area contributed by atoms with Gasteiger partial charge in [0.1, 0.15) is 5.82 Å². The van der Waals surface area contributed by atoms with Crippen molar-refractivity contribution < 1.29 is 13.7 Å². The molecule has 1 aromatic carbocycles. The van der Waals surface area contributed by atoms with Crippen LogP contribution in [0.2, 0.25) is 0 Å². The average molecular weight is 288 g/mol. The van der Waals surface area contributed by atoms with E-state index in [0.717, 1.165) is 5.56 Å². The van der Waals surface area contributed by atoms with E-state index in [1.165, 1.54) is 12.1 Å². The molecule has 106 valence electrons. The molecule has 1 heterocycles. The molecule has 1 fully saturated rings. The van der Waals surface area contributed by atoms with Gasteiger partial charge in [-0.3, -0.25) is 0 Å². The molecule has 1 aromatic rings. The maximum absolute atomic E-state index is 13.5. The molecular formula is C13H20BClFNO2. The SMILES string of the molecule is CC1(C)OB(c2cc(F)cc(CN)c2)OC1(C)C.Cl. The number of benzene rings is 1. The monoisotopic (exact) mass is 287 g/mol. The Morgan fingerprint density at radius 2 is 1.63 bits per heavy atom. The van der Waals surface area contributed by atoms with E-state index in [9.17, 15) is 4.39 Å². The van der Waals surface area contributed by atoms with Crippen LogP contribution in [0.5, 0.6) is 0 Å². The summed E-state index contributed by atoms with van der Waals surface area (Å²) in [4.78, 5) is 0. The lowest BCUT2D eigenvalue weighted by Crippen LogP contribution is -2.41. The van der Waals surface area contributed by atoms with Gasteiger partial charge < -0.3 is 15.0 Å². The van der Waals surface area contributed by atoms with Crippen molar-refractivity contribution in [3.63, 3.8) is 0 Å². The second-order valence-electron chi connectivity index (χ2n) is 5.69. The third-order valence-electron chi connectivity index (χ3n) is 3.74. The van der Waals surface area contributed by atoms with Crippen molar-refractivity contribution in [2.75, 3.05) is 0 Å². The van der Waals surface area contributed by atoms with E-state index >= 15 is 0 Å². The van der Waals surface area contributed by atoms with Gasteiger partial charge in [-0.05, 0) is 50.9 Å². The molecule has 19 heavy (non-hydrogen) atoms. The van der Waals surface area contributed by atoms with Gasteiger partial charge >= 0.3 is 7.12 Å². The molecule has 0 amide bonds. The van der Waals surface area contributed by atoms with E-state index in [2.05, 4.69) is 0 Å². The summed E-state index contributed by atoms with van der Waals surface area (Å²) >= 11 is 0. The van der Waals surface area contributed by atoms with Crippen molar-refractivity contribution in [2.24, 2.45) is 5.73 Å². The summed E-state index contributed by atoms with van der Waals surface area (Å²) in [6, 6.07) is 4.68. The Labute approximate surface area is 120 Å². The Kier molecular flexibility index (Phi) is 4.68. The number of nitrogens with two attached hydrogens (primary N) is 1. The van der Waals surface area contributed by atoms with Crippen LogP contribution in [0, 0.1) is 5.82 Å². The van der Waals surface area contributed by atoms with E-state index < -0.39 is 18.3 Å². The maximum Gasteiger partial charge on any atom is 0.494 e. The molecule has 0 unspecified atom stereocenters. The number of hydrogen-bond donors (Lipinski definition) is 1. The molecule has 0 aliphatic carbocycles. The fourth-order valence-electron chi connectivity index (χ4n) is 1.91. The van der Waals surface area contributed by atoms with Gasteiger partial charge in [0.25, 0.3) is 0 Å². The van der Waals surface area contributed by atoms with Gasteiger partial charge in [-0.1, -0.05) is 6.07 Å². The molecule has 0 aromatic heterocycles. The van der Waals surface area contributed by atoms with Crippen LogP contribution in [0.4, 0.5) is 4.39 Å². The molecule has 0 bridgehead atoms. The summed E-state index contributed by atoms with van der Waals surface area (Å²) in [6.45, 7) is 8.17. The zero-order valence-electron chi connectivity index (χ0n) is 11.7. The number of rotatable bonds is 2. The Morgan fingerprint density at radius 1 is 1.11 bits per heavy atom. The van der Waals surface area contributed by atoms with E-state index in [1.807, 2.05) is 33.8 Å². The molecule has 2 rings (SSSR count). The highest BCUT2D eigenvalue weighted by Gasteiger charge is 2.51. The summed E-state index contributed by atoms with van der Waals surface area (Å²) in [5.74, 6) is -0.317. The molecule has 0 saturated carbocycles. The van der Waals surface area contributed by atoms with Crippen molar-refractivity contribution in [3.05, 3.63) is 29.6 Å². The maximum atomic E-state index is 13.5. The Bertz CT molecular complexity index is 452. The standard InChI is InChI=1S/C13H19BFNO2.ClH/c1-12(2)13(3,4)18-14(17-12)10-5-9(8-16)6-11(15)7-10;/h5-7H,8,16H2,1-4H3;1H. The minimum absolute atomic E-state index is 0. The Balaban J connectivity index is 0.00000180. The van der Waals surface area contributed by atoms with Gasteiger partial charge in [0.2, 0.25) is 0 Å². The first kappa shape index (κ1) is 16.4. The third-order valence-corrected chi connectivity index (χ3v) is 3.74. The first-order valence-corrected chi connectivity index (χ1v) is 6.10. The lowest BCUT2D eigenvalue weighted by molar-refractivity contribution is 0.00578. The van der Waals surface area contributed by atoms with Crippen molar-refractivity contribution in [2.45, 2.75) is 45.4 Å². The van der Waals surface area contributed by atoms with Crippen molar-refractivity contribution >= 4 is 25.0 Å². The molecule has 1 aliphatic rings. The zero-order chi connectivity index (χ0) is 13.6. The summed E-state index contributed by atoms with van der Waals surface area (Å²) < 4.78 is 25.2. The van der Waals surface area contributed by atoms with Crippen LogP contribution in [0.1, 0.15) is 33.3 Å². The van der Waals surface area contributed by atoms with Crippen molar-refractivity contribution in [1.29, 1.82) is 0 Å². The van der Waals surface area contributed by atoms with Gasteiger partial charge in [0.15, 0.2) is 0 Å².